The number of hydrogen-bond acceptors (Lipinski definition) is 11. The molecule has 0 unspecified atom stereocenters. The van der Waals surface area contributed by atoms with Crippen molar-refractivity contribution in [2.45, 2.75) is 56.4 Å². The number of amides is 2. The molecule has 0 saturated heterocycles. The Morgan fingerprint density at radius 1 is 0.780 bits per heavy atom. The summed E-state index contributed by atoms with van der Waals surface area (Å²) in [6.45, 7) is 0.784. The van der Waals surface area contributed by atoms with E-state index in [1.807, 2.05) is 0 Å². The molecule has 0 bridgehead atoms. The first kappa shape index (κ1) is 51.1. The molecule has 0 aliphatic heterocycles. The summed E-state index contributed by atoms with van der Waals surface area (Å²) in [4.78, 5) is 61.2. The SMILES string of the molecule is COCCOc1ccc(C(=O)Nc2cccnc2C(=O)Nc2ccc(Cl)cn2)c(OC2CCC(N)CC2)c1.O=C(O)C(F)(F)F.O=C(O)C(F)(F)F.O=C(O)C(F)(F)F. The van der Waals surface area contributed by atoms with Crippen LogP contribution in [0.1, 0.15) is 46.5 Å². The van der Waals surface area contributed by atoms with Gasteiger partial charge in [-0.05, 0) is 62.1 Å². The fourth-order valence-corrected chi connectivity index (χ4v) is 4.12. The number of halogens is 10. The zero-order valence-corrected chi connectivity index (χ0v) is 30.7. The predicted octanol–water partition coefficient (Wildman–Crippen LogP) is 6.21. The molecule has 2 aromatic heterocycles. The molecule has 326 valence electrons. The molecule has 59 heavy (non-hydrogen) atoms. The van der Waals surface area contributed by atoms with Crippen LogP contribution in [0.5, 0.6) is 11.5 Å². The summed E-state index contributed by atoms with van der Waals surface area (Å²) in [5.74, 6) is -8.02. The van der Waals surface area contributed by atoms with Crippen LogP contribution in [0.25, 0.3) is 0 Å². The van der Waals surface area contributed by atoms with Gasteiger partial charge < -0.3 is 45.9 Å². The zero-order chi connectivity index (χ0) is 45.1. The smallest absolute Gasteiger partial charge is 0.490 e. The fraction of sp³-hybridized carbons (Fsp3) is 0.364. The van der Waals surface area contributed by atoms with E-state index in [2.05, 4.69) is 20.6 Å². The highest BCUT2D eigenvalue weighted by Gasteiger charge is 2.39. The number of nitrogens with two attached hydrogens (primary N) is 1. The minimum Gasteiger partial charge on any atom is -0.491 e. The lowest BCUT2D eigenvalue weighted by molar-refractivity contribution is -0.193. The van der Waals surface area contributed by atoms with Crippen LogP contribution in [-0.4, -0.2) is 106 Å². The minimum absolute atomic E-state index is 0.0286. The molecule has 4 rings (SSSR count). The number of alkyl halides is 9. The number of methoxy groups -OCH3 is 1. The van der Waals surface area contributed by atoms with Gasteiger partial charge in [0.25, 0.3) is 11.8 Å². The first-order valence-electron chi connectivity index (χ1n) is 16.0. The van der Waals surface area contributed by atoms with E-state index in [0.29, 0.717) is 41.1 Å². The maximum atomic E-state index is 13.4. The summed E-state index contributed by atoms with van der Waals surface area (Å²) in [6, 6.07) is 11.6. The van der Waals surface area contributed by atoms with E-state index in [1.54, 1.807) is 49.6 Å². The van der Waals surface area contributed by atoms with Crippen LogP contribution >= 0.6 is 11.6 Å². The number of rotatable bonds is 10. The molecular formula is C33H33ClF9N5O11. The van der Waals surface area contributed by atoms with Gasteiger partial charge in [-0.15, -0.1) is 0 Å². The van der Waals surface area contributed by atoms with Crippen LogP contribution in [0.4, 0.5) is 51.0 Å². The molecule has 2 heterocycles. The number of anilines is 2. The molecular weight excluding hydrogens is 849 g/mol. The molecule has 2 amide bonds. The Bertz CT molecular complexity index is 1800. The van der Waals surface area contributed by atoms with Crippen molar-refractivity contribution in [3.8, 4) is 11.5 Å². The van der Waals surface area contributed by atoms with Crippen LogP contribution in [0, 0.1) is 0 Å². The van der Waals surface area contributed by atoms with Crippen LogP contribution < -0.4 is 25.8 Å². The number of ether oxygens (including phenoxy) is 3. The summed E-state index contributed by atoms with van der Waals surface area (Å²) in [6.07, 6.45) is -9.14. The lowest BCUT2D eigenvalue weighted by Gasteiger charge is -2.27. The third-order valence-electron chi connectivity index (χ3n) is 6.73. The highest BCUT2D eigenvalue weighted by atomic mass is 35.5. The Balaban J connectivity index is 0.000000678. The van der Waals surface area contributed by atoms with Gasteiger partial charge >= 0.3 is 36.4 Å². The number of pyridine rings is 2. The number of carbonyl (C=O) groups is 5. The lowest BCUT2D eigenvalue weighted by Crippen LogP contribution is -2.32. The van der Waals surface area contributed by atoms with Gasteiger partial charge in [0.2, 0.25) is 0 Å². The molecule has 26 heteroatoms. The van der Waals surface area contributed by atoms with Crippen molar-refractivity contribution in [3.05, 3.63) is 71.1 Å². The summed E-state index contributed by atoms with van der Waals surface area (Å²) in [7, 11) is 1.60. The Hall–Kier alpha value is -5.95. The molecule has 3 aromatic rings. The third-order valence-corrected chi connectivity index (χ3v) is 6.96. The van der Waals surface area contributed by atoms with Gasteiger partial charge in [-0.1, -0.05) is 11.6 Å². The number of hydrogen-bond donors (Lipinski definition) is 6. The van der Waals surface area contributed by atoms with Crippen LogP contribution in [0.3, 0.4) is 0 Å². The molecule has 0 radical (unpaired) electrons. The van der Waals surface area contributed by atoms with Gasteiger partial charge in [-0.25, -0.2) is 24.4 Å². The number of nitrogens with one attached hydrogen (secondary N) is 2. The topological polar surface area (TPSA) is 250 Å². The maximum absolute atomic E-state index is 13.4. The summed E-state index contributed by atoms with van der Waals surface area (Å²) < 4.78 is 112. The Morgan fingerprint density at radius 2 is 1.32 bits per heavy atom. The van der Waals surface area contributed by atoms with E-state index in [4.69, 9.17) is 61.2 Å². The van der Waals surface area contributed by atoms with Crippen LogP contribution in [-0.2, 0) is 19.1 Å². The highest BCUT2D eigenvalue weighted by molar-refractivity contribution is 6.30. The second kappa shape index (κ2) is 23.5. The second-order valence-electron chi connectivity index (χ2n) is 11.2. The van der Waals surface area contributed by atoms with E-state index < -0.39 is 48.3 Å². The molecule has 1 aliphatic rings. The van der Waals surface area contributed by atoms with Gasteiger partial charge in [-0.2, -0.15) is 39.5 Å². The normalized spacial score (nSPS) is 14.9. The van der Waals surface area contributed by atoms with E-state index in [0.717, 1.165) is 25.7 Å². The van der Waals surface area contributed by atoms with Crippen molar-refractivity contribution in [2.24, 2.45) is 5.73 Å². The van der Waals surface area contributed by atoms with Crippen molar-refractivity contribution in [2.75, 3.05) is 31.0 Å². The molecule has 0 atom stereocenters. The van der Waals surface area contributed by atoms with E-state index in [-0.39, 0.29) is 23.5 Å². The quantitative estimate of drug-likeness (QED) is 0.0979. The molecule has 1 aliphatic carbocycles. The van der Waals surface area contributed by atoms with Crippen molar-refractivity contribution < 1.29 is 93.0 Å². The lowest BCUT2D eigenvalue weighted by atomic mass is 9.93. The van der Waals surface area contributed by atoms with Crippen LogP contribution in [0.15, 0.2) is 54.9 Å². The predicted molar refractivity (Wildman–Crippen MR) is 185 cm³/mol. The maximum Gasteiger partial charge on any atom is 0.490 e. The Labute approximate surface area is 331 Å². The standard InChI is InChI=1S/C27H30ClN5O5.3C2HF3O2/c1-36-13-14-37-20-9-10-21(23(15-20)38-19-7-5-18(29)6-8-19)26(34)32-22-3-2-12-30-25(22)27(35)33-24-11-4-17(28)16-31-24;3*3-2(4,5)1(6)7/h2-4,9-12,15-16,18-19H,5-8,13-14,29H2,1H3,(H,32,34)(H,31,33,35);3*(H,6,7). The number of carboxylic acid groups (broad SMARTS) is 3. The number of nitrogens with zero attached hydrogens (tertiary/aromatic N) is 2. The zero-order valence-electron chi connectivity index (χ0n) is 30.0. The minimum atomic E-state index is -5.08. The van der Waals surface area contributed by atoms with E-state index in [1.165, 1.54) is 12.4 Å². The number of benzene rings is 1. The van der Waals surface area contributed by atoms with Crippen molar-refractivity contribution in [3.63, 3.8) is 0 Å². The Kier molecular flexibility index (Phi) is 20.3. The van der Waals surface area contributed by atoms with Gasteiger partial charge in [0.1, 0.15) is 23.9 Å². The average Bonchev–Trinajstić information content (AvgIpc) is 3.13. The van der Waals surface area contributed by atoms with E-state index >= 15 is 0 Å². The highest BCUT2D eigenvalue weighted by Crippen LogP contribution is 2.31. The molecule has 1 fully saturated rings. The number of carboxylic acids is 3. The summed E-state index contributed by atoms with van der Waals surface area (Å²) >= 11 is 5.86. The van der Waals surface area contributed by atoms with Crippen molar-refractivity contribution >= 4 is 52.8 Å². The molecule has 7 N–H and O–H groups in total. The van der Waals surface area contributed by atoms with E-state index in [9.17, 15) is 49.1 Å². The van der Waals surface area contributed by atoms with Gasteiger partial charge in [0.05, 0.1) is 29.0 Å². The van der Waals surface area contributed by atoms with Gasteiger partial charge in [0.15, 0.2) is 5.69 Å². The average molecular weight is 882 g/mol. The molecule has 0 spiro atoms. The third kappa shape index (κ3) is 19.8. The van der Waals surface area contributed by atoms with Crippen LogP contribution in [0.2, 0.25) is 5.02 Å². The van der Waals surface area contributed by atoms with Gasteiger partial charge in [0, 0.05) is 31.6 Å². The second-order valence-corrected chi connectivity index (χ2v) is 11.7. The molecule has 1 aromatic carbocycles. The number of aliphatic carboxylic acids is 3. The number of aromatic nitrogens is 2. The summed E-state index contributed by atoms with van der Waals surface area (Å²) in [5, 5.41) is 27.3. The molecule has 1 saturated carbocycles. The van der Waals surface area contributed by atoms with Crippen molar-refractivity contribution in [1.29, 1.82) is 0 Å². The summed E-state index contributed by atoms with van der Waals surface area (Å²) in [5.41, 5.74) is 6.60. The first-order valence-corrected chi connectivity index (χ1v) is 16.4. The largest absolute Gasteiger partial charge is 0.491 e. The monoisotopic (exact) mass is 881 g/mol. The molecule has 16 nitrogen and oxygen atoms in total. The first-order chi connectivity index (χ1) is 27.3. The fourth-order valence-electron chi connectivity index (χ4n) is 4.01. The van der Waals surface area contributed by atoms with Crippen molar-refractivity contribution in [1.82, 2.24) is 9.97 Å². The van der Waals surface area contributed by atoms with Gasteiger partial charge in [-0.3, -0.25) is 9.59 Å². The number of carbonyl (C=O) groups excluding carboxylic acids is 2. The Morgan fingerprint density at radius 3 is 1.80 bits per heavy atom.